The van der Waals surface area contributed by atoms with Gasteiger partial charge in [-0.1, -0.05) is 29.3 Å². The first-order valence-electron chi connectivity index (χ1n) is 7.05. The lowest BCUT2D eigenvalue weighted by molar-refractivity contribution is -0.137. The molecule has 1 aromatic heterocycles. The molecule has 8 heteroatoms. The predicted molar refractivity (Wildman–Crippen MR) is 83.9 cm³/mol. The van der Waals surface area contributed by atoms with Crippen LogP contribution in [0.3, 0.4) is 0 Å². The van der Waals surface area contributed by atoms with E-state index in [1.165, 1.54) is 0 Å². The van der Waals surface area contributed by atoms with Crippen molar-refractivity contribution < 1.29 is 22.6 Å². The Balaban J connectivity index is 1.98. The van der Waals surface area contributed by atoms with Gasteiger partial charge in [0.15, 0.2) is 6.29 Å². The summed E-state index contributed by atoms with van der Waals surface area (Å²) in [5, 5.41) is 0.334. The van der Waals surface area contributed by atoms with Crippen LogP contribution in [0, 0.1) is 0 Å². The van der Waals surface area contributed by atoms with E-state index in [0.29, 0.717) is 22.8 Å². The largest absolute Gasteiger partial charge is 0.417 e. The summed E-state index contributed by atoms with van der Waals surface area (Å²) in [5.74, 6) is 0. The monoisotopic (exact) mass is 377 g/mol. The second kappa shape index (κ2) is 6.52. The van der Waals surface area contributed by atoms with E-state index in [-0.39, 0.29) is 16.8 Å². The lowest BCUT2D eigenvalue weighted by atomic mass is 10.1. The van der Waals surface area contributed by atoms with Crippen molar-refractivity contribution in [3.63, 3.8) is 0 Å². The first kappa shape index (κ1) is 17.5. The van der Waals surface area contributed by atoms with E-state index in [4.69, 9.17) is 32.7 Å². The lowest BCUT2D eigenvalue weighted by Gasteiger charge is -2.14. The molecule has 2 heterocycles. The van der Waals surface area contributed by atoms with E-state index in [2.05, 4.69) is 4.98 Å². The maximum Gasteiger partial charge on any atom is 0.417 e. The number of alkyl halides is 3. The Morgan fingerprint density at radius 1 is 1.17 bits per heavy atom. The van der Waals surface area contributed by atoms with Crippen LogP contribution in [-0.4, -0.2) is 17.7 Å². The summed E-state index contributed by atoms with van der Waals surface area (Å²) in [5.41, 5.74) is 0.437. The molecule has 3 rings (SSSR count). The summed E-state index contributed by atoms with van der Waals surface area (Å²) in [6.07, 6.45) is -4.44. The molecule has 1 aromatic carbocycles. The Morgan fingerprint density at radius 3 is 2.50 bits per heavy atom. The van der Waals surface area contributed by atoms with E-state index in [9.17, 15) is 13.2 Å². The number of rotatable bonds is 2. The Hall–Kier alpha value is -1.34. The van der Waals surface area contributed by atoms with Crippen LogP contribution in [0.1, 0.15) is 24.3 Å². The van der Waals surface area contributed by atoms with E-state index in [1.54, 1.807) is 18.2 Å². The number of pyridine rings is 1. The van der Waals surface area contributed by atoms with Crippen LogP contribution in [0.15, 0.2) is 30.5 Å². The number of ether oxygens (including phenoxy) is 2. The van der Waals surface area contributed by atoms with Gasteiger partial charge in [0.2, 0.25) is 0 Å². The summed E-state index contributed by atoms with van der Waals surface area (Å²) < 4.78 is 49.2. The molecule has 24 heavy (non-hydrogen) atoms. The smallest absolute Gasteiger partial charge is 0.346 e. The molecule has 2 unspecified atom stereocenters. The number of aromatic nitrogens is 1. The van der Waals surface area contributed by atoms with Gasteiger partial charge in [-0.05, 0) is 25.1 Å². The molecule has 0 N–H and O–H groups in total. The van der Waals surface area contributed by atoms with Crippen molar-refractivity contribution in [2.45, 2.75) is 25.5 Å². The minimum Gasteiger partial charge on any atom is -0.346 e. The maximum atomic E-state index is 12.7. The lowest BCUT2D eigenvalue weighted by Crippen LogP contribution is -2.06. The summed E-state index contributed by atoms with van der Waals surface area (Å²) in [6, 6.07) is 5.75. The highest BCUT2D eigenvalue weighted by Crippen LogP contribution is 2.37. The third-order valence-corrected chi connectivity index (χ3v) is 4.16. The molecule has 0 aliphatic carbocycles. The second-order valence-electron chi connectivity index (χ2n) is 5.40. The highest BCUT2D eigenvalue weighted by molar-refractivity contribution is 6.33. The standard InChI is InChI=1S/C16H12Cl2F3NO2/c1-8-7-23-15(24-8)11-4-9(2-3-12(11)17)14-13(18)5-10(6-22-14)16(19,20)21/h2-6,8,15H,7H2,1H3. The Labute approximate surface area is 146 Å². The van der Waals surface area contributed by atoms with Crippen LogP contribution in [0.5, 0.6) is 0 Å². The van der Waals surface area contributed by atoms with Crippen molar-refractivity contribution in [3.8, 4) is 11.3 Å². The van der Waals surface area contributed by atoms with Crippen LogP contribution in [0.2, 0.25) is 10.0 Å². The predicted octanol–water partition coefficient (Wildman–Crippen LogP) is 5.51. The quantitative estimate of drug-likeness (QED) is 0.691. The fourth-order valence-electron chi connectivity index (χ4n) is 2.35. The zero-order valence-electron chi connectivity index (χ0n) is 12.4. The molecule has 1 fully saturated rings. The van der Waals surface area contributed by atoms with Gasteiger partial charge in [0.1, 0.15) is 0 Å². The average molecular weight is 378 g/mol. The Kier molecular flexibility index (Phi) is 4.75. The van der Waals surface area contributed by atoms with E-state index >= 15 is 0 Å². The SMILES string of the molecule is CC1COC(c2cc(-c3ncc(C(F)(F)F)cc3Cl)ccc2Cl)O1. The molecule has 128 valence electrons. The summed E-state index contributed by atoms with van der Waals surface area (Å²) in [4.78, 5) is 3.85. The molecule has 1 aliphatic rings. The first-order valence-corrected chi connectivity index (χ1v) is 7.81. The Bertz CT molecular complexity index is 767. The molecule has 1 saturated heterocycles. The topological polar surface area (TPSA) is 31.4 Å². The summed E-state index contributed by atoms with van der Waals surface area (Å²) in [7, 11) is 0. The van der Waals surface area contributed by atoms with Crippen molar-refractivity contribution in [1.29, 1.82) is 0 Å². The molecule has 1 aliphatic heterocycles. The van der Waals surface area contributed by atoms with Gasteiger partial charge in [0.05, 0.1) is 29.0 Å². The summed E-state index contributed by atoms with van der Waals surface area (Å²) in [6.45, 7) is 2.30. The van der Waals surface area contributed by atoms with Crippen LogP contribution in [0.4, 0.5) is 13.2 Å². The molecule has 0 amide bonds. The van der Waals surface area contributed by atoms with Crippen molar-refractivity contribution in [1.82, 2.24) is 4.98 Å². The van der Waals surface area contributed by atoms with Gasteiger partial charge in [-0.2, -0.15) is 13.2 Å². The molecule has 2 aromatic rings. The van der Waals surface area contributed by atoms with Gasteiger partial charge in [-0.15, -0.1) is 0 Å². The molecule has 0 bridgehead atoms. The molecule has 2 atom stereocenters. The van der Waals surface area contributed by atoms with E-state index in [1.807, 2.05) is 6.92 Å². The molecular formula is C16H12Cl2F3NO2. The van der Waals surface area contributed by atoms with Crippen molar-refractivity contribution in [3.05, 3.63) is 51.6 Å². The minimum atomic E-state index is -4.50. The van der Waals surface area contributed by atoms with Gasteiger partial charge < -0.3 is 9.47 Å². The van der Waals surface area contributed by atoms with Gasteiger partial charge >= 0.3 is 6.18 Å². The van der Waals surface area contributed by atoms with E-state index < -0.39 is 18.0 Å². The van der Waals surface area contributed by atoms with Gasteiger partial charge in [0.25, 0.3) is 0 Å². The molecule has 0 spiro atoms. The fraction of sp³-hybridized carbons (Fsp3) is 0.312. The molecule has 0 radical (unpaired) electrons. The minimum absolute atomic E-state index is 0.0671. The third-order valence-electron chi connectivity index (χ3n) is 3.53. The van der Waals surface area contributed by atoms with E-state index in [0.717, 1.165) is 12.3 Å². The average Bonchev–Trinajstić information content (AvgIpc) is 2.93. The fourth-order valence-corrected chi connectivity index (χ4v) is 2.83. The third kappa shape index (κ3) is 3.52. The first-order chi connectivity index (χ1) is 11.3. The zero-order chi connectivity index (χ0) is 17.5. The maximum absolute atomic E-state index is 12.7. The Morgan fingerprint density at radius 2 is 1.92 bits per heavy atom. The highest BCUT2D eigenvalue weighted by atomic mass is 35.5. The van der Waals surface area contributed by atoms with Gasteiger partial charge in [-0.25, -0.2) is 0 Å². The van der Waals surface area contributed by atoms with Crippen LogP contribution < -0.4 is 0 Å². The van der Waals surface area contributed by atoms with Crippen molar-refractivity contribution >= 4 is 23.2 Å². The van der Waals surface area contributed by atoms with Gasteiger partial charge in [0, 0.05) is 22.3 Å². The molecule has 3 nitrogen and oxygen atoms in total. The second-order valence-corrected chi connectivity index (χ2v) is 6.21. The number of benzene rings is 1. The molecule has 0 saturated carbocycles. The summed E-state index contributed by atoms with van der Waals surface area (Å²) >= 11 is 12.2. The van der Waals surface area contributed by atoms with Gasteiger partial charge in [-0.3, -0.25) is 4.98 Å². The van der Waals surface area contributed by atoms with Crippen LogP contribution in [0.25, 0.3) is 11.3 Å². The van der Waals surface area contributed by atoms with Crippen molar-refractivity contribution in [2.24, 2.45) is 0 Å². The van der Waals surface area contributed by atoms with Crippen molar-refractivity contribution in [2.75, 3.05) is 6.61 Å². The van der Waals surface area contributed by atoms with Crippen LogP contribution >= 0.6 is 23.2 Å². The number of halogens is 5. The highest BCUT2D eigenvalue weighted by Gasteiger charge is 2.32. The molecular weight excluding hydrogens is 366 g/mol. The number of hydrogen-bond acceptors (Lipinski definition) is 3. The number of nitrogens with zero attached hydrogens (tertiary/aromatic N) is 1. The van der Waals surface area contributed by atoms with Crippen LogP contribution in [-0.2, 0) is 15.7 Å². The zero-order valence-corrected chi connectivity index (χ0v) is 13.9. The number of hydrogen-bond donors (Lipinski definition) is 0. The normalized spacial score (nSPS) is 21.2.